The molecular weight excluding hydrogens is 294 g/mol. The van der Waals surface area contributed by atoms with Crippen molar-refractivity contribution < 1.29 is 15.1 Å². The van der Waals surface area contributed by atoms with Gasteiger partial charge in [-0.05, 0) is 18.2 Å². The molecule has 0 fully saturated rings. The molecular formula is C13H15N3O4S. The predicted octanol–water partition coefficient (Wildman–Crippen LogP) is 1.49. The summed E-state index contributed by atoms with van der Waals surface area (Å²) in [6, 6.07) is 6.17. The topological polar surface area (TPSA) is 101 Å². The first kappa shape index (κ1) is 15.5. The van der Waals surface area contributed by atoms with Gasteiger partial charge in [0.05, 0.1) is 17.2 Å². The predicted molar refractivity (Wildman–Crippen MR) is 79.7 cm³/mol. The number of aliphatic hydroxyl groups is 2. The van der Waals surface area contributed by atoms with E-state index in [4.69, 9.17) is 0 Å². The first-order chi connectivity index (χ1) is 10.0. The van der Waals surface area contributed by atoms with Crippen molar-refractivity contribution >= 4 is 18.3 Å². The van der Waals surface area contributed by atoms with Crippen LogP contribution < -0.4 is 0 Å². The first-order valence-corrected chi connectivity index (χ1v) is 6.93. The van der Waals surface area contributed by atoms with Gasteiger partial charge in [-0.1, -0.05) is 12.1 Å². The normalized spacial score (nSPS) is 13.9. The fourth-order valence-electron chi connectivity index (χ4n) is 1.95. The lowest BCUT2D eigenvalue weighted by atomic mass is 10.1. The van der Waals surface area contributed by atoms with Crippen molar-refractivity contribution in [2.75, 3.05) is 5.75 Å². The van der Waals surface area contributed by atoms with Crippen LogP contribution in [0.3, 0.4) is 0 Å². The van der Waals surface area contributed by atoms with E-state index in [0.29, 0.717) is 23.4 Å². The molecule has 2 unspecified atom stereocenters. The van der Waals surface area contributed by atoms with Crippen molar-refractivity contribution in [1.29, 1.82) is 0 Å². The fourth-order valence-corrected chi connectivity index (χ4v) is 2.21. The number of aliphatic hydroxyl groups excluding tert-OH is 2. The van der Waals surface area contributed by atoms with E-state index in [-0.39, 0.29) is 5.69 Å². The molecule has 2 atom stereocenters. The third kappa shape index (κ3) is 3.41. The monoisotopic (exact) mass is 309 g/mol. The molecule has 7 nitrogen and oxygen atoms in total. The number of nitro groups is 1. The average Bonchev–Trinajstić information content (AvgIpc) is 2.96. The number of nitro benzene ring substituents is 1. The van der Waals surface area contributed by atoms with E-state index in [9.17, 15) is 20.3 Å². The number of hydrogen-bond acceptors (Lipinski definition) is 6. The van der Waals surface area contributed by atoms with E-state index >= 15 is 0 Å². The molecule has 8 heteroatoms. The lowest BCUT2D eigenvalue weighted by molar-refractivity contribution is -0.384. The third-order valence-electron chi connectivity index (χ3n) is 3.06. The van der Waals surface area contributed by atoms with Gasteiger partial charge in [-0.2, -0.15) is 17.7 Å². The standard InChI is InChI=1S/C13H15N3O4S/c17-12(5-6-21)13(18)9-7-14-15(8-9)10-3-1-2-4-11(10)16(19)20/h1-4,7-8,12-13,17-18,21H,5-6H2. The summed E-state index contributed by atoms with van der Waals surface area (Å²) in [5, 5.41) is 34.7. The largest absolute Gasteiger partial charge is 0.390 e. The van der Waals surface area contributed by atoms with E-state index < -0.39 is 17.1 Å². The van der Waals surface area contributed by atoms with Crippen molar-refractivity contribution in [3.8, 4) is 5.69 Å². The van der Waals surface area contributed by atoms with Crippen LogP contribution in [-0.4, -0.2) is 36.8 Å². The van der Waals surface area contributed by atoms with Crippen LogP contribution in [0.5, 0.6) is 0 Å². The molecule has 0 aliphatic heterocycles. The van der Waals surface area contributed by atoms with Gasteiger partial charge >= 0.3 is 0 Å². The maximum atomic E-state index is 11.0. The van der Waals surface area contributed by atoms with Crippen LogP contribution in [0.15, 0.2) is 36.7 Å². The summed E-state index contributed by atoms with van der Waals surface area (Å²) in [6.45, 7) is 0. The number of thiol groups is 1. The molecule has 2 rings (SSSR count). The molecule has 112 valence electrons. The zero-order valence-electron chi connectivity index (χ0n) is 11.0. The van der Waals surface area contributed by atoms with Gasteiger partial charge in [-0.3, -0.25) is 10.1 Å². The van der Waals surface area contributed by atoms with E-state index in [0.717, 1.165) is 0 Å². The molecule has 0 spiro atoms. The molecule has 0 aliphatic rings. The van der Waals surface area contributed by atoms with E-state index in [1.165, 1.54) is 23.1 Å². The highest BCUT2D eigenvalue weighted by Crippen LogP contribution is 2.24. The van der Waals surface area contributed by atoms with E-state index in [1.807, 2.05) is 0 Å². The van der Waals surface area contributed by atoms with Crippen molar-refractivity contribution in [3.63, 3.8) is 0 Å². The molecule has 0 aliphatic carbocycles. The number of aromatic nitrogens is 2. The Balaban J connectivity index is 2.30. The number of nitrogens with zero attached hydrogens (tertiary/aromatic N) is 3. The smallest absolute Gasteiger partial charge is 0.294 e. The van der Waals surface area contributed by atoms with Crippen LogP contribution in [0.25, 0.3) is 5.69 Å². The summed E-state index contributed by atoms with van der Waals surface area (Å²) in [5.74, 6) is 0.441. The minimum Gasteiger partial charge on any atom is -0.390 e. The zero-order valence-corrected chi connectivity index (χ0v) is 11.9. The van der Waals surface area contributed by atoms with Crippen molar-refractivity contribution in [1.82, 2.24) is 9.78 Å². The molecule has 1 aromatic heterocycles. The fraction of sp³-hybridized carbons (Fsp3) is 0.308. The number of para-hydroxylation sites is 2. The Labute approximate surface area is 126 Å². The summed E-state index contributed by atoms with van der Waals surface area (Å²) in [4.78, 5) is 10.5. The van der Waals surface area contributed by atoms with Gasteiger partial charge < -0.3 is 10.2 Å². The second-order valence-electron chi connectivity index (χ2n) is 4.49. The highest BCUT2D eigenvalue weighted by Gasteiger charge is 2.21. The number of hydrogen-bond donors (Lipinski definition) is 3. The van der Waals surface area contributed by atoms with Crippen LogP contribution in [0.1, 0.15) is 18.1 Å². The maximum absolute atomic E-state index is 11.0. The van der Waals surface area contributed by atoms with Gasteiger partial charge in [0.15, 0.2) is 0 Å². The second-order valence-corrected chi connectivity index (χ2v) is 4.94. The Bertz CT molecular complexity index is 631. The summed E-state index contributed by atoms with van der Waals surface area (Å²) in [7, 11) is 0. The molecule has 1 heterocycles. The Morgan fingerprint density at radius 2 is 2.10 bits per heavy atom. The SMILES string of the molecule is O=[N+]([O-])c1ccccc1-n1cc(C(O)C(O)CCS)cn1. The van der Waals surface area contributed by atoms with Gasteiger partial charge in [-0.25, -0.2) is 4.68 Å². The van der Waals surface area contributed by atoms with Gasteiger partial charge in [-0.15, -0.1) is 0 Å². The molecule has 1 aromatic carbocycles. The molecule has 21 heavy (non-hydrogen) atoms. The van der Waals surface area contributed by atoms with E-state index in [2.05, 4.69) is 17.7 Å². The summed E-state index contributed by atoms with van der Waals surface area (Å²) in [5.41, 5.74) is 0.601. The average molecular weight is 309 g/mol. The summed E-state index contributed by atoms with van der Waals surface area (Å²) >= 11 is 4.00. The third-order valence-corrected chi connectivity index (χ3v) is 3.32. The molecule has 0 saturated heterocycles. The molecule has 2 aromatic rings. The van der Waals surface area contributed by atoms with Crippen molar-refractivity contribution in [3.05, 3.63) is 52.3 Å². The highest BCUT2D eigenvalue weighted by atomic mass is 32.1. The Hall–Kier alpha value is -1.90. The number of rotatable bonds is 6. The summed E-state index contributed by atoms with van der Waals surface area (Å²) < 4.78 is 1.31. The Morgan fingerprint density at radius 1 is 1.38 bits per heavy atom. The van der Waals surface area contributed by atoms with Gasteiger partial charge in [0.25, 0.3) is 5.69 Å². The van der Waals surface area contributed by atoms with Crippen molar-refractivity contribution in [2.45, 2.75) is 18.6 Å². The Kier molecular flexibility index (Phi) is 4.94. The minimum atomic E-state index is -1.10. The van der Waals surface area contributed by atoms with Crippen LogP contribution >= 0.6 is 12.6 Å². The molecule has 2 N–H and O–H groups in total. The molecule has 0 bridgehead atoms. The number of benzene rings is 1. The van der Waals surface area contributed by atoms with Crippen molar-refractivity contribution in [2.24, 2.45) is 0 Å². The second kappa shape index (κ2) is 6.70. The Morgan fingerprint density at radius 3 is 2.76 bits per heavy atom. The minimum absolute atomic E-state index is 0.0856. The van der Waals surface area contributed by atoms with Crippen LogP contribution in [0, 0.1) is 10.1 Å². The molecule has 0 amide bonds. The molecule has 0 saturated carbocycles. The quantitative estimate of drug-likeness (QED) is 0.426. The van der Waals surface area contributed by atoms with Crippen LogP contribution in [0.2, 0.25) is 0 Å². The first-order valence-electron chi connectivity index (χ1n) is 6.30. The van der Waals surface area contributed by atoms with Gasteiger partial charge in [0, 0.05) is 17.8 Å². The lowest BCUT2D eigenvalue weighted by Crippen LogP contribution is -2.18. The van der Waals surface area contributed by atoms with E-state index in [1.54, 1.807) is 18.2 Å². The maximum Gasteiger partial charge on any atom is 0.294 e. The van der Waals surface area contributed by atoms with Gasteiger partial charge in [0.2, 0.25) is 0 Å². The lowest BCUT2D eigenvalue weighted by Gasteiger charge is -2.14. The molecule has 0 radical (unpaired) electrons. The van der Waals surface area contributed by atoms with Crippen LogP contribution in [0.4, 0.5) is 5.69 Å². The summed E-state index contributed by atoms with van der Waals surface area (Å²) in [6.07, 6.45) is 1.12. The van der Waals surface area contributed by atoms with Gasteiger partial charge in [0.1, 0.15) is 11.8 Å². The zero-order chi connectivity index (χ0) is 15.4. The van der Waals surface area contributed by atoms with Crippen LogP contribution in [-0.2, 0) is 0 Å². The highest BCUT2D eigenvalue weighted by molar-refractivity contribution is 7.80.